The van der Waals surface area contributed by atoms with Crippen LogP contribution in [0.1, 0.15) is 48.0 Å². The molecule has 0 spiro atoms. The summed E-state index contributed by atoms with van der Waals surface area (Å²) in [5, 5.41) is 7.52. The average molecular weight is 258 g/mol. The van der Waals surface area contributed by atoms with Gasteiger partial charge in [0.05, 0.1) is 12.2 Å². The quantitative estimate of drug-likeness (QED) is 0.919. The van der Waals surface area contributed by atoms with Crippen LogP contribution in [0.3, 0.4) is 0 Å². The summed E-state index contributed by atoms with van der Waals surface area (Å²) >= 11 is 0. The molecule has 100 valence electrons. The Labute approximate surface area is 112 Å². The fourth-order valence-corrected chi connectivity index (χ4v) is 2.82. The first-order valence-corrected chi connectivity index (χ1v) is 7.04. The second-order valence-corrected chi connectivity index (χ2v) is 5.63. The number of aromatic amines is 1. The van der Waals surface area contributed by atoms with Gasteiger partial charge in [-0.15, -0.1) is 0 Å². The maximum atomic E-state index is 5.56. The highest BCUT2D eigenvalue weighted by atomic mass is 16.3. The number of aryl methyl sites for hydroxylation is 1. The number of H-pyrrole nitrogens is 1. The van der Waals surface area contributed by atoms with Crippen molar-refractivity contribution in [1.82, 2.24) is 15.2 Å². The van der Waals surface area contributed by atoms with Crippen LogP contribution in [0.15, 0.2) is 10.7 Å². The van der Waals surface area contributed by atoms with Gasteiger partial charge in [-0.1, -0.05) is 0 Å². The van der Waals surface area contributed by atoms with Gasteiger partial charge in [0.1, 0.15) is 6.26 Å². The topological polar surface area (TPSA) is 58.0 Å². The molecule has 0 saturated heterocycles. The fraction of sp³-hybridized carbons (Fsp3) is 0.571. The highest BCUT2D eigenvalue weighted by Gasteiger charge is 2.29. The van der Waals surface area contributed by atoms with Gasteiger partial charge in [-0.2, -0.15) is 5.10 Å². The Balaban J connectivity index is 1.56. The third-order valence-electron chi connectivity index (χ3n) is 4.06. The lowest BCUT2D eigenvalue weighted by Crippen LogP contribution is -2.29. The lowest BCUT2D eigenvalue weighted by molar-refractivity contribution is 0.496. The Hall–Kier alpha value is -1.78. The zero-order valence-electron chi connectivity index (χ0n) is 11.1. The van der Waals surface area contributed by atoms with E-state index in [1.54, 1.807) is 6.26 Å². The number of fused-ring (bicyclic) bond motifs is 1. The number of nitrogens with zero attached hydrogens (tertiary/aromatic N) is 3. The van der Waals surface area contributed by atoms with Gasteiger partial charge in [-0.3, -0.25) is 5.10 Å². The van der Waals surface area contributed by atoms with E-state index < -0.39 is 0 Å². The van der Waals surface area contributed by atoms with Crippen molar-refractivity contribution in [2.45, 2.75) is 45.1 Å². The molecule has 0 bridgehead atoms. The lowest BCUT2D eigenvalue weighted by atomic mass is 10.1. The van der Waals surface area contributed by atoms with Crippen molar-refractivity contribution in [1.29, 1.82) is 0 Å². The molecule has 2 aromatic rings. The van der Waals surface area contributed by atoms with E-state index in [0.717, 1.165) is 36.9 Å². The zero-order valence-corrected chi connectivity index (χ0v) is 11.1. The second-order valence-electron chi connectivity index (χ2n) is 5.63. The summed E-state index contributed by atoms with van der Waals surface area (Å²) < 4.78 is 5.56. The van der Waals surface area contributed by atoms with Gasteiger partial charge in [-0.25, -0.2) is 4.98 Å². The van der Waals surface area contributed by atoms with E-state index in [9.17, 15) is 0 Å². The number of hydrogen-bond acceptors (Lipinski definition) is 4. The maximum absolute atomic E-state index is 5.56. The smallest absolute Gasteiger partial charge is 0.197 e. The molecular weight excluding hydrogens is 240 g/mol. The monoisotopic (exact) mass is 258 g/mol. The molecular formula is C14H18N4O. The van der Waals surface area contributed by atoms with E-state index in [1.165, 1.54) is 30.5 Å². The molecule has 5 heteroatoms. The minimum Gasteiger partial charge on any atom is -0.448 e. The third kappa shape index (κ3) is 1.93. The predicted molar refractivity (Wildman–Crippen MR) is 71.2 cm³/mol. The van der Waals surface area contributed by atoms with Crippen LogP contribution in [-0.2, 0) is 13.0 Å². The summed E-state index contributed by atoms with van der Waals surface area (Å²) in [5.74, 6) is 2.60. The van der Waals surface area contributed by atoms with Gasteiger partial charge in [0.15, 0.2) is 11.7 Å². The van der Waals surface area contributed by atoms with Crippen LogP contribution < -0.4 is 4.90 Å². The molecule has 19 heavy (non-hydrogen) atoms. The molecule has 0 amide bonds. The Morgan fingerprint density at radius 1 is 1.47 bits per heavy atom. The van der Waals surface area contributed by atoms with Gasteiger partial charge < -0.3 is 9.32 Å². The molecule has 2 aromatic heterocycles. The Morgan fingerprint density at radius 2 is 2.37 bits per heavy atom. The molecule has 4 rings (SSSR count). The average Bonchev–Trinajstić information content (AvgIpc) is 3.06. The summed E-state index contributed by atoms with van der Waals surface area (Å²) in [6.45, 7) is 3.94. The van der Waals surface area contributed by atoms with E-state index in [-0.39, 0.29) is 0 Å². The Morgan fingerprint density at radius 3 is 3.21 bits per heavy atom. The highest BCUT2D eigenvalue weighted by molar-refractivity contribution is 5.51. The van der Waals surface area contributed by atoms with Crippen LogP contribution in [0.25, 0.3) is 0 Å². The van der Waals surface area contributed by atoms with Crippen LogP contribution in [0, 0.1) is 6.92 Å². The SMILES string of the molecule is Cc1[nH]nc2c1CCCN2Cc1coc(C2CC2)n1. The van der Waals surface area contributed by atoms with Crippen LogP contribution in [-0.4, -0.2) is 21.7 Å². The second kappa shape index (κ2) is 4.11. The molecule has 2 aliphatic rings. The number of anilines is 1. The normalized spacial score (nSPS) is 18.7. The third-order valence-corrected chi connectivity index (χ3v) is 4.06. The van der Waals surface area contributed by atoms with Gasteiger partial charge >= 0.3 is 0 Å². The number of nitrogens with one attached hydrogen (secondary N) is 1. The van der Waals surface area contributed by atoms with Crippen molar-refractivity contribution in [3.05, 3.63) is 29.1 Å². The summed E-state index contributed by atoms with van der Waals surface area (Å²) in [4.78, 5) is 6.90. The van der Waals surface area contributed by atoms with Crippen molar-refractivity contribution in [2.75, 3.05) is 11.4 Å². The molecule has 1 aliphatic heterocycles. The first-order valence-electron chi connectivity index (χ1n) is 7.04. The molecule has 3 heterocycles. The maximum Gasteiger partial charge on any atom is 0.197 e. The number of aromatic nitrogens is 3. The predicted octanol–water partition coefficient (Wildman–Crippen LogP) is 2.54. The zero-order chi connectivity index (χ0) is 12.8. The van der Waals surface area contributed by atoms with Crippen molar-refractivity contribution < 1.29 is 4.42 Å². The van der Waals surface area contributed by atoms with Crippen molar-refractivity contribution >= 4 is 5.82 Å². The fourth-order valence-electron chi connectivity index (χ4n) is 2.82. The number of oxazole rings is 1. The summed E-state index contributed by atoms with van der Waals surface area (Å²) in [5.41, 5.74) is 3.58. The van der Waals surface area contributed by atoms with E-state index in [0.29, 0.717) is 5.92 Å². The molecule has 1 fully saturated rings. The first kappa shape index (κ1) is 11.1. The highest BCUT2D eigenvalue weighted by Crippen LogP contribution is 2.39. The van der Waals surface area contributed by atoms with Crippen LogP contribution in [0.4, 0.5) is 5.82 Å². The van der Waals surface area contributed by atoms with Crippen molar-refractivity contribution in [2.24, 2.45) is 0 Å². The molecule has 0 aromatic carbocycles. The van der Waals surface area contributed by atoms with Gasteiger partial charge in [-0.05, 0) is 32.6 Å². The van der Waals surface area contributed by atoms with E-state index in [4.69, 9.17) is 4.42 Å². The minimum atomic E-state index is 0.582. The van der Waals surface area contributed by atoms with E-state index >= 15 is 0 Å². The molecule has 5 nitrogen and oxygen atoms in total. The molecule has 0 radical (unpaired) electrons. The molecule has 1 saturated carbocycles. The Bertz CT molecular complexity index is 596. The molecule has 0 unspecified atom stereocenters. The van der Waals surface area contributed by atoms with Crippen LogP contribution in [0.2, 0.25) is 0 Å². The lowest BCUT2D eigenvalue weighted by Gasteiger charge is -2.26. The Kier molecular flexibility index (Phi) is 2.40. The van der Waals surface area contributed by atoms with Crippen molar-refractivity contribution in [3.63, 3.8) is 0 Å². The van der Waals surface area contributed by atoms with Gasteiger partial charge in [0.25, 0.3) is 0 Å². The summed E-state index contributed by atoms with van der Waals surface area (Å²) in [6, 6.07) is 0. The van der Waals surface area contributed by atoms with Crippen LogP contribution in [0.5, 0.6) is 0 Å². The summed E-state index contributed by atoms with van der Waals surface area (Å²) in [7, 11) is 0. The number of hydrogen-bond donors (Lipinski definition) is 1. The largest absolute Gasteiger partial charge is 0.448 e. The molecule has 0 atom stereocenters. The number of rotatable bonds is 3. The first-order chi connectivity index (χ1) is 9.31. The minimum absolute atomic E-state index is 0.582. The standard InChI is InChI=1S/C14H18N4O/c1-9-12-3-2-6-18(13(12)17-16-9)7-11-8-19-14(15-11)10-4-5-10/h8,10H,2-7H2,1H3,(H,16,17). The van der Waals surface area contributed by atoms with Crippen LogP contribution >= 0.6 is 0 Å². The van der Waals surface area contributed by atoms with Gasteiger partial charge in [0.2, 0.25) is 0 Å². The molecule has 1 N–H and O–H groups in total. The van der Waals surface area contributed by atoms with E-state index in [1.807, 2.05) is 0 Å². The van der Waals surface area contributed by atoms with E-state index in [2.05, 4.69) is 27.0 Å². The molecule has 1 aliphatic carbocycles. The van der Waals surface area contributed by atoms with Gasteiger partial charge in [0, 0.05) is 23.7 Å². The summed E-state index contributed by atoms with van der Waals surface area (Å²) in [6.07, 6.45) is 6.57. The van der Waals surface area contributed by atoms with Crippen molar-refractivity contribution in [3.8, 4) is 0 Å².